The van der Waals surface area contributed by atoms with Crippen molar-refractivity contribution in [1.82, 2.24) is 10.2 Å². The van der Waals surface area contributed by atoms with Gasteiger partial charge in [0.2, 0.25) is 5.91 Å². The zero-order valence-electron chi connectivity index (χ0n) is 18.0. The third kappa shape index (κ3) is 12.1. The molecule has 4 nitrogen and oxygen atoms in total. The number of ketones is 1. The Kier molecular flexibility index (Phi) is 18.9. The first-order valence-corrected chi connectivity index (χ1v) is 10.5. The highest BCUT2D eigenvalue weighted by molar-refractivity contribution is 5.87. The van der Waals surface area contributed by atoms with Crippen LogP contribution >= 0.6 is 0 Å². The van der Waals surface area contributed by atoms with E-state index < -0.39 is 0 Å². The normalized spacial score (nSPS) is 13.0. The Labute approximate surface area is 157 Å². The summed E-state index contributed by atoms with van der Waals surface area (Å²) in [4.78, 5) is 26.6. The summed E-state index contributed by atoms with van der Waals surface area (Å²) in [7, 11) is 0. The quantitative estimate of drug-likeness (QED) is 0.460. The van der Waals surface area contributed by atoms with Crippen molar-refractivity contribution in [3.05, 3.63) is 0 Å². The summed E-state index contributed by atoms with van der Waals surface area (Å²) in [5.41, 5.74) is 0. The van der Waals surface area contributed by atoms with Gasteiger partial charge < -0.3 is 10.2 Å². The van der Waals surface area contributed by atoms with E-state index in [9.17, 15) is 9.59 Å². The summed E-state index contributed by atoms with van der Waals surface area (Å²) in [5, 5.41) is 3.05. The first kappa shape index (κ1) is 26.3. The smallest absolute Gasteiger partial charge is 0.223 e. The molecule has 0 saturated heterocycles. The van der Waals surface area contributed by atoms with E-state index in [1.54, 1.807) is 6.92 Å². The highest BCUT2D eigenvalue weighted by Gasteiger charge is 2.29. The molecule has 0 rings (SSSR count). The highest BCUT2D eigenvalue weighted by atomic mass is 16.2. The fourth-order valence-corrected chi connectivity index (χ4v) is 3.14. The minimum Gasteiger partial charge on any atom is -0.356 e. The van der Waals surface area contributed by atoms with Crippen molar-refractivity contribution in [1.29, 1.82) is 0 Å². The number of hydrogen-bond donors (Lipinski definition) is 1. The van der Waals surface area contributed by atoms with Crippen molar-refractivity contribution < 1.29 is 9.59 Å². The third-order valence-electron chi connectivity index (χ3n) is 4.61. The topological polar surface area (TPSA) is 49.4 Å². The number of carbonyl (C=O) groups excluding carboxylic acids is 2. The summed E-state index contributed by atoms with van der Waals surface area (Å²) in [6.45, 7) is 18.0. The maximum absolute atomic E-state index is 12.4. The summed E-state index contributed by atoms with van der Waals surface area (Å²) in [6, 6.07) is 0. The predicted octanol–water partition coefficient (Wildman–Crippen LogP) is 4.67. The summed E-state index contributed by atoms with van der Waals surface area (Å²) >= 11 is 0. The van der Waals surface area contributed by atoms with E-state index in [2.05, 4.69) is 31.0 Å². The lowest BCUT2D eigenvalue weighted by atomic mass is 9.83. The van der Waals surface area contributed by atoms with Crippen LogP contribution in [0, 0.1) is 11.8 Å². The molecule has 1 N–H and O–H groups in total. The van der Waals surface area contributed by atoms with Gasteiger partial charge in [0.1, 0.15) is 5.78 Å². The largest absolute Gasteiger partial charge is 0.356 e. The van der Waals surface area contributed by atoms with Crippen molar-refractivity contribution >= 4 is 11.7 Å². The van der Waals surface area contributed by atoms with Gasteiger partial charge in [-0.05, 0) is 52.2 Å². The Morgan fingerprint density at radius 2 is 1.52 bits per heavy atom. The molecular weight excluding hydrogens is 312 g/mol. The first-order chi connectivity index (χ1) is 12.0. The lowest BCUT2D eigenvalue weighted by Crippen LogP contribution is -2.38. The Bertz CT molecular complexity index is 332. The maximum atomic E-state index is 12.4. The molecule has 0 aromatic rings. The Morgan fingerprint density at radius 3 is 1.96 bits per heavy atom. The molecule has 0 aromatic carbocycles. The van der Waals surface area contributed by atoms with E-state index in [0.717, 1.165) is 45.3 Å². The number of Topliss-reactive ketones (excluding diaryl/α,β-unsaturated/α-hetero) is 1. The molecule has 0 aromatic heterocycles. The molecule has 0 heterocycles. The molecule has 0 radical (unpaired) electrons. The zero-order chi connectivity index (χ0) is 19.7. The summed E-state index contributed by atoms with van der Waals surface area (Å²) < 4.78 is 0. The van der Waals surface area contributed by atoms with E-state index >= 15 is 0 Å². The van der Waals surface area contributed by atoms with Crippen LogP contribution in [-0.2, 0) is 9.59 Å². The average molecular weight is 357 g/mol. The summed E-state index contributed by atoms with van der Waals surface area (Å²) in [5.74, 6) is -0.0974. The SMILES string of the molecule is CC.CCCCN(CC)CCCNC(=O)[C@@H](CCC)[C@@H](CC)C(C)=O. The van der Waals surface area contributed by atoms with Crippen molar-refractivity contribution in [2.75, 3.05) is 26.2 Å². The van der Waals surface area contributed by atoms with Gasteiger partial charge >= 0.3 is 0 Å². The van der Waals surface area contributed by atoms with Gasteiger partial charge in [-0.3, -0.25) is 9.59 Å². The van der Waals surface area contributed by atoms with Crippen LogP contribution in [0.25, 0.3) is 0 Å². The summed E-state index contributed by atoms with van der Waals surface area (Å²) in [6.07, 6.45) is 5.89. The van der Waals surface area contributed by atoms with Gasteiger partial charge in [-0.1, -0.05) is 54.4 Å². The second kappa shape index (κ2) is 17.9. The molecule has 4 heteroatoms. The molecule has 1 amide bonds. The highest BCUT2D eigenvalue weighted by Crippen LogP contribution is 2.22. The van der Waals surface area contributed by atoms with Gasteiger partial charge in [0, 0.05) is 18.4 Å². The van der Waals surface area contributed by atoms with Crippen LogP contribution in [0.15, 0.2) is 0 Å². The van der Waals surface area contributed by atoms with Crippen LogP contribution in [0.5, 0.6) is 0 Å². The lowest BCUT2D eigenvalue weighted by molar-refractivity contribution is -0.133. The second-order valence-corrected chi connectivity index (χ2v) is 6.45. The van der Waals surface area contributed by atoms with Gasteiger partial charge in [0.05, 0.1) is 0 Å². The Hall–Kier alpha value is -0.900. The van der Waals surface area contributed by atoms with Gasteiger partial charge in [0.15, 0.2) is 0 Å². The van der Waals surface area contributed by atoms with Crippen molar-refractivity contribution in [3.8, 4) is 0 Å². The molecule has 0 spiro atoms. The predicted molar refractivity (Wildman–Crippen MR) is 109 cm³/mol. The molecular formula is C21H44N2O2. The second-order valence-electron chi connectivity index (χ2n) is 6.45. The van der Waals surface area contributed by atoms with Gasteiger partial charge in [-0.15, -0.1) is 0 Å². The lowest BCUT2D eigenvalue weighted by Gasteiger charge is -2.24. The molecule has 0 aliphatic carbocycles. The van der Waals surface area contributed by atoms with Gasteiger partial charge in [-0.2, -0.15) is 0 Å². The number of nitrogens with one attached hydrogen (secondary N) is 1. The van der Waals surface area contributed by atoms with Crippen molar-refractivity contribution in [2.24, 2.45) is 11.8 Å². The van der Waals surface area contributed by atoms with Crippen LogP contribution in [0.2, 0.25) is 0 Å². The van der Waals surface area contributed by atoms with Crippen LogP contribution in [0.3, 0.4) is 0 Å². The zero-order valence-corrected chi connectivity index (χ0v) is 18.0. The standard InChI is InChI=1S/C19H38N2O2.C2H6/c1-6-10-14-21(9-4)15-11-13-20-19(23)18(12-7-2)17(8-3)16(5)22;1-2/h17-18H,6-15H2,1-5H3,(H,20,23);1-2H3/t17-,18-;/m0./s1. The molecule has 0 saturated carbocycles. The molecule has 0 fully saturated rings. The van der Waals surface area contributed by atoms with Crippen LogP contribution in [0.1, 0.15) is 87.0 Å². The number of amides is 1. The molecule has 2 atom stereocenters. The molecule has 0 aliphatic heterocycles. The Morgan fingerprint density at radius 1 is 0.920 bits per heavy atom. The van der Waals surface area contributed by atoms with Gasteiger partial charge in [-0.25, -0.2) is 0 Å². The minimum absolute atomic E-state index is 0.0607. The van der Waals surface area contributed by atoms with Crippen LogP contribution in [0.4, 0.5) is 0 Å². The monoisotopic (exact) mass is 356 g/mol. The molecule has 0 bridgehead atoms. The fourth-order valence-electron chi connectivity index (χ4n) is 3.14. The van der Waals surface area contributed by atoms with Crippen LogP contribution in [-0.4, -0.2) is 42.8 Å². The average Bonchev–Trinajstić information content (AvgIpc) is 2.62. The number of carbonyl (C=O) groups is 2. The minimum atomic E-state index is -0.162. The number of rotatable bonds is 14. The molecule has 150 valence electrons. The van der Waals surface area contributed by atoms with Crippen LogP contribution < -0.4 is 5.32 Å². The molecule has 25 heavy (non-hydrogen) atoms. The first-order valence-electron chi connectivity index (χ1n) is 10.5. The van der Waals surface area contributed by atoms with Crippen molar-refractivity contribution in [3.63, 3.8) is 0 Å². The Balaban J connectivity index is 0. The molecule has 0 aliphatic rings. The van der Waals surface area contributed by atoms with E-state index in [1.165, 1.54) is 12.8 Å². The molecule has 0 unspecified atom stereocenters. The van der Waals surface area contributed by atoms with Crippen molar-refractivity contribution in [2.45, 2.75) is 87.0 Å². The fraction of sp³-hybridized carbons (Fsp3) is 0.905. The number of nitrogens with zero attached hydrogens (tertiary/aromatic N) is 1. The van der Waals surface area contributed by atoms with E-state index in [-0.39, 0.29) is 23.5 Å². The van der Waals surface area contributed by atoms with Gasteiger partial charge in [0.25, 0.3) is 0 Å². The maximum Gasteiger partial charge on any atom is 0.223 e. The number of unbranched alkanes of at least 4 members (excludes halogenated alkanes) is 1. The number of hydrogen-bond acceptors (Lipinski definition) is 3. The van der Waals surface area contributed by atoms with E-state index in [1.807, 2.05) is 20.8 Å². The third-order valence-corrected chi connectivity index (χ3v) is 4.61. The van der Waals surface area contributed by atoms with E-state index in [0.29, 0.717) is 6.54 Å². The van der Waals surface area contributed by atoms with E-state index in [4.69, 9.17) is 0 Å².